The van der Waals surface area contributed by atoms with Crippen LogP contribution >= 0.6 is 11.6 Å². The van der Waals surface area contributed by atoms with E-state index in [1.54, 1.807) is 6.92 Å². The van der Waals surface area contributed by atoms with Crippen LogP contribution in [0.4, 0.5) is 5.69 Å². The number of piperazine rings is 1. The summed E-state index contributed by atoms with van der Waals surface area (Å²) in [6.45, 7) is 5.86. The molecule has 1 aliphatic heterocycles. The van der Waals surface area contributed by atoms with E-state index in [-0.39, 0.29) is 0 Å². The van der Waals surface area contributed by atoms with Gasteiger partial charge in [0.2, 0.25) is 0 Å². The van der Waals surface area contributed by atoms with Crippen LogP contribution in [0.3, 0.4) is 0 Å². The molecule has 4 heteroatoms. The lowest BCUT2D eigenvalue weighted by Gasteiger charge is -2.34. The van der Waals surface area contributed by atoms with Crippen LogP contribution in [0, 0.1) is 0 Å². The van der Waals surface area contributed by atoms with Gasteiger partial charge in [0, 0.05) is 31.9 Å². The maximum Gasteiger partial charge on any atom is 0.161 e. The summed E-state index contributed by atoms with van der Waals surface area (Å²) in [7, 11) is 2.14. The Morgan fingerprint density at radius 1 is 1.12 bits per heavy atom. The summed E-state index contributed by atoms with van der Waals surface area (Å²) >= 11 is 5.85. The van der Waals surface area contributed by atoms with Crippen molar-refractivity contribution in [2.75, 3.05) is 38.1 Å². The average Bonchev–Trinajstić information content (AvgIpc) is 2.29. The predicted octanol–water partition coefficient (Wildman–Crippen LogP) is 1.84. The highest BCUT2D eigenvalue weighted by Crippen LogP contribution is 2.27. The zero-order chi connectivity index (χ0) is 12.5. The van der Waals surface area contributed by atoms with Gasteiger partial charge in [-0.2, -0.15) is 0 Å². The SMILES string of the molecule is CN1CCN(c2ccc(C(C)(O)Cl)cc2)CC1. The van der Waals surface area contributed by atoms with Crippen molar-refractivity contribution >= 4 is 17.3 Å². The van der Waals surface area contributed by atoms with Gasteiger partial charge in [-0.15, -0.1) is 0 Å². The Bertz CT molecular complexity index is 364. The smallest absolute Gasteiger partial charge is 0.161 e. The summed E-state index contributed by atoms with van der Waals surface area (Å²) in [6, 6.07) is 7.83. The Kier molecular flexibility index (Phi) is 3.61. The Balaban J connectivity index is 2.08. The fourth-order valence-corrected chi connectivity index (χ4v) is 2.17. The first-order valence-corrected chi connectivity index (χ1v) is 6.30. The highest BCUT2D eigenvalue weighted by molar-refractivity contribution is 6.22. The number of hydrogen-bond donors (Lipinski definition) is 1. The molecule has 2 rings (SSSR count). The molecule has 1 aromatic carbocycles. The molecule has 0 bridgehead atoms. The third-order valence-electron chi connectivity index (χ3n) is 3.26. The van der Waals surface area contributed by atoms with E-state index in [9.17, 15) is 5.11 Å². The number of benzene rings is 1. The van der Waals surface area contributed by atoms with E-state index in [0.29, 0.717) is 0 Å². The van der Waals surface area contributed by atoms with Crippen molar-refractivity contribution in [3.05, 3.63) is 29.8 Å². The van der Waals surface area contributed by atoms with Crippen LogP contribution in [-0.2, 0) is 5.06 Å². The van der Waals surface area contributed by atoms with Crippen molar-refractivity contribution in [3.63, 3.8) is 0 Å². The number of alkyl halides is 1. The molecule has 0 amide bonds. The highest BCUT2D eigenvalue weighted by atomic mass is 35.5. The van der Waals surface area contributed by atoms with E-state index in [4.69, 9.17) is 11.6 Å². The molecule has 1 heterocycles. The minimum atomic E-state index is -1.28. The fourth-order valence-electron chi connectivity index (χ4n) is 2.04. The Hall–Kier alpha value is -0.770. The summed E-state index contributed by atoms with van der Waals surface area (Å²) in [6.07, 6.45) is 0. The van der Waals surface area contributed by atoms with Gasteiger partial charge >= 0.3 is 0 Å². The maximum absolute atomic E-state index is 9.67. The monoisotopic (exact) mass is 254 g/mol. The summed E-state index contributed by atoms with van der Waals surface area (Å²) < 4.78 is 0. The van der Waals surface area contributed by atoms with Crippen LogP contribution in [0.2, 0.25) is 0 Å². The predicted molar refractivity (Wildman–Crippen MR) is 71.6 cm³/mol. The highest BCUT2D eigenvalue weighted by Gasteiger charge is 2.19. The van der Waals surface area contributed by atoms with Gasteiger partial charge in [0.05, 0.1) is 0 Å². The number of halogens is 1. The zero-order valence-electron chi connectivity index (χ0n) is 10.4. The van der Waals surface area contributed by atoms with Crippen molar-refractivity contribution in [2.45, 2.75) is 12.0 Å². The van der Waals surface area contributed by atoms with Gasteiger partial charge < -0.3 is 14.9 Å². The number of nitrogens with zero attached hydrogens (tertiary/aromatic N) is 2. The summed E-state index contributed by atoms with van der Waals surface area (Å²) in [4.78, 5) is 4.68. The molecule has 1 atom stereocenters. The largest absolute Gasteiger partial charge is 0.371 e. The second kappa shape index (κ2) is 4.84. The van der Waals surface area contributed by atoms with Crippen LogP contribution in [-0.4, -0.2) is 43.2 Å². The van der Waals surface area contributed by atoms with E-state index in [2.05, 4.69) is 16.8 Å². The molecule has 0 spiro atoms. The summed E-state index contributed by atoms with van der Waals surface area (Å²) in [5.41, 5.74) is 1.93. The lowest BCUT2D eigenvalue weighted by molar-refractivity contribution is 0.150. The Labute approximate surface area is 108 Å². The van der Waals surface area contributed by atoms with Crippen LogP contribution in [0.25, 0.3) is 0 Å². The van der Waals surface area contributed by atoms with Crippen LogP contribution in [0.5, 0.6) is 0 Å². The Morgan fingerprint density at radius 3 is 2.12 bits per heavy atom. The molecule has 0 aliphatic carbocycles. The summed E-state index contributed by atoms with van der Waals surface area (Å²) in [5.74, 6) is 0. The molecule has 0 radical (unpaired) electrons. The second-order valence-electron chi connectivity index (χ2n) is 4.79. The molecule has 1 fully saturated rings. The van der Waals surface area contributed by atoms with Gasteiger partial charge in [-0.3, -0.25) is 0 Å². The molecule has 1 saturated heterocycles. The van der Waals surface area contributed by atoms with Gasteiger partial charge in [0.1, 0.15) is 0 Å². The molecule has 3 nitrogen and oxygen atoms in total. The number of rotatable bonds is 2. The quantitative estimate of drug-likeness (QED) is 0.816. The van der Waals surface area contributed by atoms with E-state index in [1.165, 1.54) is 5.69 Å². The van der Waals surface area contributed by atoms with Gasteiger partial charge in [-0.25, -0.2) is 0 Å². The Morgan fingerprint density at radius 2 is 1.65 bits per heavy atom. The average molecular weight is 255 g/mol. The number of aliphatic hydroxyl groups is 1. The zero-order valence-corrected chi connectivity index (χ0v) is 11.1. The molecular weight excluding hydrogens is 236 g/mol. The molecule has 0 saturated carbocycles. The lowest BCUT2D eigenvalue weighted by Crippen LogP contribution is -2.44. The molecule has 1 unspecified atom stereocenters. The van der Waals surface area contributed by atoms with E-state index in [1.807, 2.05) is 24.3 Å². The van der Waals surface area contributed by atoms with Crippen molar-refractivity contribution in [2.24, 2.45) is 0 Å². The topological polar surface area (TPSA) is 26.7 Å². The molecule has 1 aromatic rings. The number of hydrogen-bond acceptors (Lipinski definition) is 3. The van der Waals surface area contributed by atoms with Crippen LogP contribution in [0.1, 0.15) is 12.5 Å². The van der Waals surface area contributed by atoms with E-state index < -0.39 is 5.06 Å². The minimum Gasteiger partial charge on any atom is -0.371 e. The van der Waals surface area contributed by atoms with Crippen molar-refractivity contribution in [3.8, 4) is 0 Å². The number of anilines is 1. The van der Waals surface area contributed by atoms with Gasteiger partial charge in [-0.1, -0.05) is 23.7 Å². The third-order valence-corrected chi connectivity index (χ3v) is 3.48. The van der Waals surface area contributed by atoms with E-state index >= 15 is 0 Å². The normalized spacial score (nSPS) is 21.3. The second-order valence-corrected chi connectivity index (χ2v) is 5.53. The first-order chi connectivity index (χ1) is 7.97. The van der Waals surface area contributed by atoms with Gasteiger partial charge in [-0.05, 0) is 31.7 Å². The first-order valence-electron chi connectivity index (χ1n) is 5.92. The van der Waals surface area contributed by atoms with E-state index in [0.717, 1.165) is 31.7 Å². The summed E-state index contributed by atoms with van der Waals surface area (Å²) in [5, 5.41) is 8.39. The molecule has 17 heavy (non-hydrogen) atoms. The molecule has 94 valence electrons. The molecule has 1 aliphatic rings. The van der Waals surface area contributed by atoms with Gasteiger partial charge in [0.15, 0.2) is 5.06 Å². The lowest BCUT2D eigenvalue weighted by atomic mass is 10.1. The van der Waals surface area contributed by atoms with Crippen molar-refractivity contribution < 1.29 is 5.11 Å². The van der Waals surface area contributed by atoms with Crippen molar-refractivity contribution in [1.82, 2.24) is 4.90 Å². The van der Waals surface area contributed by atoms with Crippen molar-refractivity contribution in [1.29, 1.82) is 0 Å². The third kappa shape index (κ3) is 3.12. The molecule has 1 N–H and O–H groups in total. The van der Waals surface area contributed by atoms with Gasteiger partial charge in [0.25, 0.3) is 0 Å². The standard InChI is InChI=1S/C13H19ClN2O/c1-13(14,17)11-3-5-12(6-4-11)16-9-7-15(2)8-10-16/h3-6,17H,7-10H2,1-2H3. The fraction of sp³-hybridized carbons (Fsp3) is 0.538. The maximum atomic E-state index is 9.67. The molecular formula is C13H19ClN2O. The molecule has 0 aromatic heterocycles. The minimum absolute atomic E-state index is 0.733. The van der Waals surface area contributed by atoms with Crippen LogP contribution in [0.15, 0.2) is 24.3 Å². The first kappa shape index (κ1) is 12.7. The number of likely N-dealkylation sites (N-methyl/N-ethyl adjacent to an activating group) is 1. The van der Waals surface area contributed by atoms with Crippen LogP contribution < -0.4 is 4.90 Å².